The Morgan fingerprint density at radius 1 is 1.15 bits per heavy atom. The Morgan fingerprint density at radius 2 is 1.88 bits per heavy atom. The van der Waals surface area contributed by atoms with E-state index in [9.17, 15) is 14.3 Å². The number of amides is 1. The lowest BCUT2D eigenvalue weighted by atomic mass is 10.0. The Hall–Kier alpha value is -3.50. The van der Waals surface area contributed by atoms with Gasteiger partial charge in [0.25, 0.3) is 0 Å². The quantitative estimate of drug-likeness (QED) is 0.413. The van der Waals surface area contributed by atoms with Crippen molar-refractivity contribution in [2.24, 2.45) is 0 Å². The highest BCUT2D eigenvalue weighted by atomic mass is 35.5. The number of rotatable bonds is 7. The predicted octanol–water partition coefficient (Wildman–Crippen LogP) is 4.69. The van der Waals surface area contributed by atoms with E-state index in [2.05, 4.69) is 30.3 Å². The zero-order valence-corrected chi connectivity index (χ0v) is 23.6. The second-order valence-electron chi connectivity index (χ2n) is 10.2. The number of phenols is 1. The Kier molecular flexibility index (Phi) is 7.83. The third-order valence-corrected chi connectivity index (χ3v) is 8.25. The van der Waals surface area contributed by atoms with Gasteiger partial charge in [-0.2, -0.15) is 4.98 Å². The van der Waals surface area contributed by atoms with Crippen LogP contribution in [0.1, 0.15) is 20.8 Å². The maximum absolute atomic E-state index is 16.3. The van der Waals surface area contributed by atoms with Crippen molar-refractivity contribution in [2.45, 2.75) is 32.9 Å². The first-order chi connectivity index (χ1) is 19.2. The fourth-order valence-corrected chi connectivity index (χ4v) is 6.01. The van der Waals surface area contributed by atoms with Crippen molar-refractivity contribution in [3.63, 3.8) is 0 Å². The minimum atomic E-state index is -0.831. The molecule has 0 bridgehead atoms. The highest BCUT2D eigenvalue weighted by molar-refractivity contribution is 6.34. The Labute approximate surface area is 237 Å². The molecule has 212 valence electrons. The van der Waals surface area contributed by atoms with E-state index in [0.29, 0.717) is 55.9 Å². The lowest BCUT2D eigenvalue weighted by Crippen LogP contribution is -2.60. The van der Waals surface area contributed by atoms with E-state index in [0.717, 1.165) is 19.2 Å². The molecule has 0 unspecified atom stereocenters. The first kappa shape index (κ1) is 28.0. The number of phenolic OH excluding ortho intramolecular Hbond substituents is 1. The number of fused-ring (bicyclic) bond motifs is 1. The molecule has 2 aliphatic rings. The van der Waals surface area contributed by atoms with Gasteiger partial charge in [0.05, 0.1) is 10.6 Å². The average molecular weight is 571 g/mol. The zero-order chi connectivity index (χ0) is 28.7. The molecule has 40 heavy (non-hydrogen) atoms. The smallest absolute Gasteiger partial charge is 0.246 e. The van der Waals surface area contributed by atoms with Gasteiger partial charge >= 0.3 is 0 Å². The van der Waals surface area contributed by atoms with Crippen LogP contribution in [0.25, 0.3) is 22.0 Å². The molecule has 2 aliphatic heterocycles. The number of hydrogen-bond acceptors (Lipinski definition) is 7. The topological polar surface area (TPSA) is 76.0 Å². The molecule has 0 saturated carbocycles. The van der Waals surface area contributed by atoms with Crippen molar-refractivity contribution in [2.75, 3.05) is 55.6 Å². The molecule has 2 saturated heterocycles. The summed E-state index contributed by atoms with van der Waals surface area (Å²) in [7, 11) is 0. The normalized spacial score (nSPS) is 18.0. The first-order valence-electron chi connectivity index (χ1n) is 13.5. The maximum atomic E-state index is 16.3. The number of nitrogens with zero attached hydrogens (tertiary/aromatic N) is 6. The highest BCUT2D eigenvalue weighted by Crippen LogP contribution is 2.43. The number of aromatic nitrogens is 2. The molecule has 0 aliphatic carbocycles. The molecule has 0 spiro atoms. The van der Waals surface area contributed by atoms with Crippen LogP contribution >= 0.6 is 11.6 Å². The van der Waals surface area contributed by atoms with Gasteiger partial charge in [0.1, 0.15) is 22.9 Å². The summed E-state index contributed by atoms with van der Waals surface area (Å²) in [6, 6.07) is 5.50. The molecule has 0 radical (unpaired) electrons. The number of aromatic hydroxyl groups is 1. The van der Waals surface area contributed by atoms with Crippen LogP contribution in [0.5, 0.6) is 5.75 Å². The van der Waals surface area contributed by atoms with Crippen molar-refractivity contribution >= 4 is 40.2 Å². The van der Waals surface area contributed by atoms with Gasteiger partial charge in [-0.15, -0.1) is 0 Å². The summed E-state index contributed by atoms with van der Waals surface area (Å²) < 4.78 is 31.2. The fraction of sp³-hybridized carbons (Fsp3) is 0.414. The molecule has 3 heterocycles. The lowest BCUT2D eigenvalue weighted by molar-refractivity contribution is -0.128. The molecular weight excluding hydrogens is 538 g/mol. The number of carbonyl (C=O) groups is 1. The molecule has 8 nitrogen and oxygen atoms in total. The Balaban J connectivity index is 1.63. The number of hydrogen-bond donors (Lipinski definition) is 1. The molecule has 2 aromatic carbocycles. The van der Waals surface area contributed by atoms with E-state index in [1.807, 2.05) is 16.7 Å². The highest BCUT2D eigenvalue weighted by Gasteiger charge is 2.35. The van der Waals surface area contributed by atoms with Crippen molar-refractivity contribution in [1.82, 2.24) is 19.8 Å². The zero-order valence-electron chi connectivity index (χ0n) is 22.9. The predicted molar refractivity (Wildman–Crippen MR) is 154 cm³/mol. The monoisotopic (exact) mass is 570 g/mol. The Morgan fingerprint density at radius 3 is 2.50 bits per heavy atom. The van der Waals surface area contributed by atoms with Crippen LogP contribution < -0.4 is 9.80 Å². The summed E-state index contributed by atoms with van der Waals surface area (Å²) in [5.41, 5.74) is -0.574. The van der Waals surface area contributed by atoms with Crippen LogP contribution in [0.3, 0.4) is 0 Å². The molecule has 1 N–H and O–H groups in total. The van der Waals surface area contributed by atoms with Crippen LogP contribution in [0.2, 0.25) is 5.02 Å². The fourth-order valence-electron chi connectivity index (χ4n) is 5.72. The first-order valence-corrected chi connectivity index (χ1v) is 13.9. The molecule has 1 amide bonds. The van der Waals surface area contributed by atoms with Gasteiger partial charge in [-0.3, -0.25) is 9.69 Å². The molecule has 1 aromatic heterocycles. The number of piperazine rings is 1. The second-order valence-corrected chi connectivity index (χ2v) is 10.6. The summed E-state index contributed by atoms with van der Waals surface area (Å²) in [4.78, 5) is 29.9. The number of anilines is 2. The molecule has 5 rings (SSSR count). The maximum Gasteiger partial charge on any atom is 0.246 e. The van der Waals surface area contributed by atoms with Gasteiger partial charge in [0.15, 0.2) is 5.82 Å². The van der Waals surface area contributed by atoms with Gasteiger partial charge < -0.3 is 19.8 Å². The van der Waals surface area contributed by atoms with Gasteiger partial charge in [-0.25, -0.2) is 13.8 Å². The minimum Gasteiger partial charge on any atom is -0.507 e. The van der Waals surface area contributed by atoms with E-state index < -0.39 is 17.4 Å². The summed E-state index contributed by atoms with van der Waals surface area (Å²) >= 11 is 6.56. The van der Waals surface area contributed by atoms with Crippen LogP contribution in [-0.4, -0.2) is 88.7 Å². The molecule has 11 heteroatoms. The number of benzene rings is 2. The molecule has 1 atom stereocenters. The van der Waals surface area contributed by atoms with Crippen molar-refractivity contribution in [3.05, 3.63) is 53.6 Å². The SMILES string of the molecule is C=CC(=O)N1CCN(c2nc(N3CC(N(CC)CC)C3)nc3c(F)c(-c4c(O)cccc4F)c(Cl)cc23)C[C@H]1C. The van der Waals surface area contributed by atoms with Gasteiger partial charge in [0.2, 0.25) is 11.9 Å². The van der Waals surface area contributed by atoms with Crippen LogP contribution in [-0.2, 0) is 4.79 Å². The van der Waals surface area contributed by atoms with Crippen LogP contribution in [0.15, 0.2) is 36.9 Å². The number of carbonyl (C=O) groups excluding carboxylic acids is 1. The largest absolute Gasteiger partial charge is 0.507 e. The van der Waals surface area contributed by atoms with E-state index >= 15 is 4.39 Å². The summed E-state index contributed by atoms with van der Waals surface area (Å²) in [5, 5.41) is 10.7. The van der Waals surface area contributed by atoms with E-state index in [-0.39, 0.29) is 33.6 Å². The van der Waals surface area contributed by atoms with Crippen molar-refractivity contribution in [1.29, 1.82) is 0 Å². The van der Waals surface area contributed by atoms with Crippen molar-refractivity contribution < 1.29 is 18.7 Å². The minimum absolute atomic E-state index is 0.00871. The summed E-state index contributed by atoms with van der Waals surface area (Å²) in [6.45, 7) is 14.4. The van der Waals surface area contributed by atoms with Crippen molar-refractivity contribution in [3.8, 4) is 16.9 Å². The number of halogens is 3. The summed E-state index contributed by atoms with van der Waals surface area (Å²) in [6.07, 6.45) is 1.30. The van der Waals surface area contributed by atoms with Gasteiger partial charge in [-0.05, 0) is 44.3 Å². The Bertz CT molecular complexity index is 1440. The number of likely N-dealkylation sites (N-methyl/N-ethyl adjacent to an activating group) is 1. The third kappa shape index (κ3) is 4.83. The standard InChI is InChI=1S/C29H33ClF2N6O2/c1-5-23(40)38-12-11-36(14-17(38)4)28-19-13-20(30)24(25-21(31)9-8-10-22(25)39)26(32)27(19)33-29(34-28)37-15-18(16-37)35(6-2)7-3/h5,8-10,13,17-18,39H,1,6-7,11-12,14-16H2,2-4H3/t17-/m1/s1. The lowest BCUT2D eigenvalue weighted by Gasteiger charge is -2.45. The van der Waals surface area contributed by atoms with E-state index in [4.69, 9.17) is 16.6 Å². The van der Waals surface area contributed by atoms with Gasteiger partial charge in [0, 0.05) is 55.8 Å². The van der Waals surface area contributed by atoms with Crippen LogP contribution in [0.4, 0.5) is 20.5 Å². The van der Waals surface area contributed by atoms with E-state index in [1.54, 1.807) is 4.90 Å². The molecular formula is C29H33ClF2N6O2. The van der Waals surface area contributed by atoms with Crippen LogP contribution in [0, 0.1) is 11.6 Å². The molecule has 2 fully saturated rings. The molecule has 3 aromatic rings. The average Bonchev–Trinajstić information content (AvgIpc) is 2.91. The summed E-state index contributed by atoms with van der Waals surface area (Å²) in [5.74, 6) is -1.33. The third-order valence-electron chi connectivity index (χ3n) is 7.95. The van der Waals surface area contributed by atoms with E-state index in [1.165, 1.54) is 24.3 Å². The van der Waals surface area contributed by atoms with Gasteiger partial charge in [-0.1, -0.05) is 38.1 Å². The second kappa shape index (κ2) is 11.2.